The van der Waals surface area contributed by atoms with E-state index in [0.717, 1.165) is 10.6 Å². The zero-order valence-electron chi connectivity index (χ0n) is 33.6. The van der Waals surface area contributed by atoms with E-state index in [4.69, 9.17) is 81.6 Å². The van der Waals surface area contributed by atoms with Crippen LogP contribution in [0.25, 0.3) is 22.3 Å². The molecular formula is C32H42N12O16P2S2. The minimum atomic E-state index is -4.36. The Kier molecular flexibility index (Phi) is 13.7. The lowest BCUT2D eigenvalue weighted by Crippen LogP contribution is -2.40. The molecule has 0 aromatic carbocycles. The van der Waals surface area contributed by atoms with E-state index in [1.807, 2.05) is 0 Å². The number of aromatic nitrogens is 10. The number of aliphatic hydroxyl groups is 2. The Labute approximate surface area is 369 Å². The molecule has 5 aromatic rings. The molecule has 32 heteroatoms. The molecule has 3 fully saturated rings. The summed E-state index contributed by atoms with van der Waals surface area (Å²) in [5.41, 5.74) is 11.6. The largest absolute Gasteiger partial charge is 0.394 e. The van der Waals surface area contributed by atoms with Gasteiger partial charge in [0.25, 0.3) is 5.56 Å². The Morgan fingerprint density at radius 1 is 0.703 bits per heavy atom. The Morgan fingerprint density at radius 3 is 1.69 bits per heavy atom. The van der Waals surface area contributed by atoms with Crippen LogP contribution >= 0.6 is 13.4 Å². The van der Waals surface area contributed by atoms with Crippen molar-refractivity contribution in [1.29, 1.82) is 0 Å². The molecule has 2 unspecified atom stereocenters. The number of hydrogen-bond donors (Lipinski definition) is 7. The fourth-order valence-electron chi connectivity index (χ4n) is 7.68. The van der Waals surface area contributed by atoms with Crippen LogP contribution in [0.1, 0.15) is 18.7 Å². The number of fused-ring (bicyclic) bond motifs is 2. The van der Waals surface area contributed by atoms with E-state index >= 15 is 0 Å². The van der Waals surface area contributed by atoms with Gasteiger partial charge in [-0.1, -0.05) is 0 Å². The van der Waals surface area contributed by atoms with E-state index < -0.39 is 118 Å². The maximum Gasteiger partial charge on any atom is 0.330 e. The standard InChI is InChI=1S/C32H42N12O16P2S2/c1-51-22-19(47)14(57-29(22)43-11-39-17-25(33)35-9-37-27(17)43)7-54-61(49,63)60-21-15(58-31(24(21)53-3)44-12-40-18-26(34)36-10-38-28(18)44)8-55-62(50,64)59-20-13(6-45)56-30(23(20)52-2)42-5-4-16(46)41-32(42)48/h4-5,9-15,19-24,29-31,45,47H,6-8H2,1-3H3,(H,49,63)(H,50,64)(H2,33,35,37)(H2,34,36,38)(H,41,46,48)/t13-,14-,15-,19-,20-,21-,22-,23-,24-,29-,30-,31-,61?,62?/m1/s1. The second-order valence-electron chi connectivity index (χ2n) is 14.3. The molecule has 5 aromatic heterocycles. The van der Waals surface area contributed by atoms with Crippen molar-refractivity contribution >= 4 is 71.0 Å². The molecule has 9 N–H and O–H groups in total. The quantitative estimate of drug-likeness (QED) is 0.0482. The number of nitrogens with one attached hydrogen (secondary N) is 1. The second kappa shape index (κ2) is 18.8. The topological polar surface area (TPSA) is 367 Å². The van der Waals surface area contributed by atoms with Gasteiger partial charge in [-0.25, -0.2) is 34.7 Å². The molecule has 3 aliphatic heterocycles. The first-order valence-corrected chi connectivity index (χ1v) is 24.1. The number of nitrogens with zero attached hydrogens (tertiary/aromatic N) is 9. The minimum absolute atomic E-state index is 0.0766. The Hall–Kier alpha value is -3.88. The molecule has 348 valence electrons. The molecule has 3 saturated heterocycles. The zero-order valence-corrected chi connectivity index (χ0v) is 37.0. The normalized spacial score (nSPS) is 31.5. The smallest absolute Gasteiger partial charge is 0.330 e. The predicted molar refractivity (Wildman–Crippen MR) is 223 cm³/mol. The first-order chi connectivity index (χ1) is 30.6. The molecule has 0 radical (unpaired) electrons. The Balaban J connectivity index is 1.01. The fraction of sp³-hybridized carbons (Fsp3) is 0.562. The van der Waals surface area contributed by atoms with Crippen molar-refractivity contribution in [2.45, 2.75) is 73.6 Å². The van der Waals surface area contributed by atoms with E-state index in [1.165, 1.54) is 62.0 Å². The number of hydrogen-bond acceptors (Lipinski definition) is 24. The van der Waals surface area contributed by atoms with Gasteiger partial charge in [0, 0.05) is 33.6 Å². The number of imidazole rings is 2. The Morgan fingerprint density at radius 2 is 1.17 bits per heavy atom. The summed E-state index contributed by atoms with van der Waals surface area (Å²) in [5, 5.41) is 21.4. The van der Waals surface area contributed by atoms with Crippen molar-refractivity contribution in [3.05, 3.63) is 58.4 Å². The summed E-state index contributed by atoms with van der Waals surface area (Å²) in [4.78, 5) is 74.5. The third-order valence-corrected chi connectivity index (χ3v) is 13.8. The van der Waals surface area contributed by atoms with Crippen molar-refractivity contribution in [1.82, 2.24) is 48.6 Å². The van der Waals surface area contributed by atoms with Crippen LogP contribution in [0.5, 0.6) is 0 Å². The highest BCUT2D eigenvalue weighted by Crippen LogP contribution is 2.53. The third kappa shape index (κ3) is 9.00. The molecule has 0 saturated carbocycles. The number of ether oxygens (including phenoxy) is 6. The van der Waals surface area contributed by atoms with Gasteiger partial charge in [0.1, 0.15) is 78.6 Å². The van der Waals surface area contributed by atoms with Gasteiger partial charge in [0.05, 0.1) is 32.5 Å². The summed E-state index contributed by atoms with van der Waals surface area (Å²) in [7, 11) is 3.98. The van der Waals surface area contributed by atoms with Gasteiger partial charge in [-0.15, -0.1) is 0 Å². The fourth-order valence-corrected chi connectivity index (χ4v) is 10.6. The summed E-state index contributed by atoms with van der Waals surface area (Å²) in [6.07, 6.45) is -7.75. The summed E-state index contributed by atoms with van der Waals surface area (Å²) in [5.74, 6) is 0.207. The van der Waals surface area contributed by atoms with Gasteiger partial charge in [-0.3, -0.25) is 32.5 Å². The number of anilines is 2. The molecule has 0 aliphatic carbocycles. The maximum atomic E-state index is 12.6. The van der Waals surface area contributed by atoms with E-state index in [2.05, 4.69) is 34.9 Å². The van der Waals surface area contributed by atoms with Gasteiger partial charge in [0.15, 0.2) is 41.6 Å². The molecule has 3 aliphatic rings. The molecule has 8 rings (SSSR count). The lowest BCUT2D eigenvalue weighted by Gasteiger charge is -2.29. The minimum Gasteiger partial charge on any atom is -0.394 e. The number of H-pyrrole nitrogens is 1. The van der Waals surface area contributed by atoms with Crippen molar-refractivity contribution in [2.75, 3.05) is 52.6 Å². The van der Waals surface area contributed by atoms with Gasteiger partial charge >= 0.3 is 19.1 Å². The molecule has 0 bridgehead atoms. The van der Waals surface area contributed by atoms with E-state index in [-0.39, 0.29) is 22.8 Å². The molecule has 28 nitrogen and oxygen atoms in total. The van der Waals surface area contributed by atoms with E-state index in [9.17, 15) is 29.6 Å². The average Bonchev–Trinajstić information content (AvgIpc) is 4.08. The van der Waals surface area contributed by atoms with Gasteiger partial charge < -0.3 is 68.9 Å². The van der Waals surface area contributed by atoms with Crippen LogP contribution in [0, 0.1) is 0 Å². The molecule has 0 spiro atoms. The Bertz CT molecular complexity index is 2700. The van der Waals surface area contributed by atoms with Gasteiger partial charge in [-0.2, -0.15) is 0 Å². The van der Waals surface area contributed by atoms with Crippen LogP contribution in [0.4, 0.5) is 11.6 Å². The van der Waals surface area contributed by atoms with Crippen LogP contribution in [-0.2, 0) is 70.1 Å². The summed E-state index contributed by atoms with van der Waals surface area (Å²) in [6, 6.07) is 1.08. The van der Waals surface area contributed by atoms with Crippen molar-refractivity contribution in [3.8, 4) is 0 Å². The highest BCUT2D eigenvalue weighted by Gasteiger charge is 2.53. The molecule has 0 amide bonds. The van der Waals surface area contributed by atoms with Crippen LogP contribution in [0.15, 0.2) is 47.2 Å². The van der Waals surface area contributed by atoms with Gasteiger partial charge in [0.2, 0.25) is 0 Å². The molecular weight excluding hydrogens is 935 g/mol. The lowest BCUT2D eigenvalue weighted by atomic mass is 10.1. The van der Waals surface area contributed by atoms with E-state index in [1.54, 1.807) is 0 Å². The maximum absolute atomic E-state index is 12.6. The summed E-state index contributed by atoms with van der Waals surface area (Å²) >= 11 is 10.9. The molecule has 14 atom stereocenters. The van der Waals surface area contributed by atoms with Crippen molar-refractivity contribution in [2.24, 2.45) is 0 Å². The average molecular weight is 977 g/mol. The highest BCUT2D eigenvalue weighted by atomic mass is 32.5. The second-order valence-corrected chi connectivity index (χ2v) is 19.9. The van der Waals surface area contributed by atoms with Crippen LogP contribution in [0.3, 0.4) is 0 Å². The van der Waals surface area contributed by atoms with Crippen LogP contribution < -0.4 is 22.7 Å². The monoisotopic (exact) mass is 976 g/mol. The number of nitrogen functional groups attached to an aromatic ring is 2. The predicted octanol–water partition coefficient (Wildman–Crippen LogP) is -2.29. The van der Waals surface area contributed by atoms with Crippen molar-refractivity contribution in [3.63, 3.8) is 0 Å². The molecule has 8 heterocycles. The first-order valence-electron chi connectivity index (χ1n) is 18.9. The number of aliphatic hydroxyl groups excluding tert-OH is 2. The lowest BCUT2D eigenvalue weighted by molar-refractivity contribution is -0.0625. The van der Waals surface area contributed by atoms with Crippen molar-refractivity contribution < 1.29 is 66.5 Å². The van der Waals surface area contributed by atoms with Gasteiger partial charge in [-0.05, 0) is 23.6 Å². The number of nitrogens with two attached hydrogens (primary N) is 2. The van der Waals surface area contributed by atoms with E-state index in [0.29, 0.717) is 11.2 Å². The number of methoxy groups -OCH3 is 3. The summed E-state index contributed by atoms with van der Waals surface area (Å²) < 4.78 is 62.9. The number of aromatic amines is 1. The zero-order chi connectivity index (χ0) is 45.7. The SMILES string of the molecule is CO[C@@H]1[C@H](OP(O)(=S)OC[C@H]2O[C@@H](n3cnc4c(N)ncnc43)[C@H](OC)[C@@H]2OP(O)(=S)OC[C@H]2O[C@@H](n3cnc4c(N)ncnc43)[C@H](OC)[C@@H]2O)[C@@H](CO)O[C@H]1n1ccc(=O)[nH]c1=O. The number of rotatable bonds is 17. The molecule has 64 heavy (non-hydrogen) atoms. The third-order valence-electron chi connectivity index (χ3n) is 10.6. The summed E-state index contributed by atoms with van der Waals surface area (Å²) in [6.45, 7) is -10.5. The highest BCUT2D eigenvalue weighted by molar-refractivity contribution is 8.07. The van der Waals surface area contributed by atoms with Crippen LogP contribution in [-0.4, -0.2) is 165 Å². The first kappa shape index (κ1) is 46.6. The van der Waals surface area contributed by atoms with Crippen LogP contribution in [0.2, 0.25) is 0 Å².